The van der Waals surface area contributed by atoms with E-state index in [1.165, 1.54) is 24.3 Å². The van der Waals surface area contributed by atoms with E-state index in [2.05, 4.69) is 13.5 Å². The number of piperidine rings is 1. The fraction of sp³-hybridized carbons (Fsp3) is 0.444. The van der Waals surface area contributed by atoms with Crippen LogP contribution in [-0.2, 0) is 25.7 Å². The lowest BCUT2D eigenvalue weighted by Gasteiger charge is -2.36. The Morgan fingerprint density at radius 2 is 1.81 bits per heavy atom. The van der Waals surface area contributed by atoms with Gasteiger partial charge >= 0.3 is 24.2 Å². The fourth-order valence-electron chi connectivity index (χ4n) is 3.97. The molecule has 3 atom stereocenters. The van der Waals surface area contributed by atoms with Gasteiger partial charge in [0.1, 0.15) is 12.4 Å². The lowest BCUT2D eigenvalue weighted by Crippen LogP contribution is -2.57. The molecule has 1 aromatic carbocycles. The van der Waals surface area contributed by atoms with Gasteiger partial charge < -0.3 is 23.7 Å². The van der Waals surface area contributed by atoms with Gasteiger partial charge in [0, 0.05) is 19.0 Å². The molecule has 170 valence electrons. The molecule has 3 aliphatic heterocycles. The first-order chi connectivity index (χ1) is 15.2. The quantitative estimate of drug-likeness (QED) is 0.456. The minimum absolute atomic E-state index is 0.0244. The number of benzene rings is 1. The van der Waals surface area contributed by atoms with Crippen LogP contribution < -0.4 is 14.2 Å². The van der Waals surface area contributed by atoms with Crippen molar-refractivity contribution in [1.82, 2.24) is 13.6 Å². The maximum Gasteiger partial charge on any atom is 0.573 e. The summed E-state index contributed by atoms with van der Waals surface area (Å²) in [5.74, 6) is -4.14. The van der Waals surface area contributed by atoms with Crippen molar-refractivity contribution in [3.05, 3.63) is 29.8 Å². The second-order valence-electron chi connectivity index (χ2n) is 7.30. The van der Waals surface area contributed by atoms with E-state index in [1.807, 2.05) is 0 Å². The summed E-state index contributed by atoms with van der Waals surface area (Å²) in [7, 11) is 0. The van der Waals surface area contributed by atoms with Crippen molar-refractivity contribution in [2.45, 2.75) is 31.4 Å². The number of alkyl halides is 3. The topological polar surface area (TPSA) is 109 Å². The van der Waals surface area contributed by atoms with Gasteiger partial charge in [0.2, 0.25) is 0 Å². The SMILES string of the molecule is O=C1OC2(OC1=O)C(Oc1nsnc1OCc1ccc(OC(F)(F)F)cc1)C1CCN2C1. The molecule has 3 aliphatic rings. The molecule has 32 heavy (non-hydrogen) atoms. The van der Waals surface area contributed by atoms with Crippen LogP contribution in [0.5, 0.6) is 17.5 Å². The third kappa shape index (κ3) is 3.68. The molecule has 14 heteroatoms. The molecule has 2 bridgehead atoms. The van der Waals surface area contributed by atoms with Crippen LogP contribution in [0, 0.1) is 5.92 Å². The highest BCUT2D eigenvalue weighted by Gasteiger charge is 2.69. The number of esters is 2. The van der Waals surface area contributed by atoms with E-state index in [1.54, 1.807) is 4.90 Å². The number of ether oxygens (including phenoxy) is 5. The number of nitrogens with zero attached hydrogens (tertiary/aromatic N) is 3. The average Bonchev–Trinajstić information content (AvgIpc) is 3.48. The van der Waals surface area contributed by atoms with Gasteiger partial charge in [0.25, 0.3) is 11.8 Å². The first-order valence-corrected chi connectivity index (χ1v) is 10.1. The first-order valence-electron chi connectivity index (χ1n) is 9.41. The standard InChI is InChI=1S/C18H14F3N3O7S/c19-18(20,21)29-11-3-1-9(2-4-11)8-27-13-14(23-32-22-13)28-12-10-5-6-24(7-10)17(12)30-15(25)16(26)31-17/h1-4,10,12H,5-8H2. The Morgan fingerprint density at radius 1 is 1.12 bits per heavy atom. The van der Waals surface area contributed by atoms with Crippen LogP contribution in [0.4, 0.5) is 13.2 Å². The number of hydrogen-bond acceptors (Lipinski definition) is 11. The molecule has 0 radical (unpaired) electrons. The Balaban J connectivity index is 1.26. The first kappa shape index (κ1) is 20.8. The van der Waals surface area contributed by atoms with E-state index in [4.69, 9.17) is 18.9 Å². The number of hydrogen-bond donors (Lipinski definition) is 0. The van der Waals surface area contributed by atoms with E-state index in [-0.39, 0.29) is 30.0 Å². The van der Waals surface area contributed by atoms with Crippen LogP contribution >= 0.6 is 11.7 Å². The highest BCUT2D eigenvalue weighted by molar-refractivity contribution is 6.99. The van der Waals surface area contributed by atoms with Crippen LogP contribution in [0.2, 0.25) is 0 Å². The fourth-order valence-corrected chi connectivity index (χ4v) is 4.41. The molecular formula is C18H14F3N3O7S. The molecule has 4 heterocycles. The minimum Gasteiger partial charge on any atom is -0.468 e. The van der Waals surface area contributed by atoms with E-state index >= 15 is 0 Å². The van der Waals surface area contributed by atoms with Crippen LogP contribution in [0.1, 0.15) is 12.0 Å². The van der Waals surface area contributed by atoms with Crippen molar-refractivity contribution in [2.24, 2.45) is 5.92 Å². The lowest BCUT2D eigenvalue weighted by atomic mass is 9.99. The van der Waals surface area contributed by atoms with Gasteiger partial charge in [0.05, 0.1) is 11.7 Å². The maximum absolute atomic E-state index is 12.3. The molecule has 1 spiro atoms. The molecular weight excluding hydrogens is 459 g/mol. The van der Waals surface area contributed by atoms with Gasteiger partial charge in [-0.05, 0) is 24.1 Å². The number of halogens is 3. The molecule has 3 fully saturated rings. The second kappa shape index (κ2) is 7.48. The minimum atomic E-state index is -4.77. The molecule has 0 amide bonds. The summed E-state index contributed by atoms with van der Waals surface area (Å²) in [6.07, 6.45) is -4.83. The van der Waals surface area contributed by atoms with Gasteiger partial charge in [-0.2, -0.15) is 0 Å². The van der Waals surface area contributed by atoms with E-state index < -0.39 is 30.3 Å². The van der Waals surface area contributed by atoms with Gasteiger partial charge in [-0.25, -0.2) is 14.5 Å². The normalized spacial score (nSPS) is 25.7. The Morgan fingerprint density at radius 3 is 2.50 bits per heavy atom. The predicted octanol–water partition coefficient (Wildman–Crippen LogP) is 1.85. The van der Waals surface area contributed by atoms with Gasteiger partial charge in [-0.3, -0.25) is 0 Å². The smallest absolute Gasteiger partial charge is 0.468 e. The molecule has 2 aromatic rings. The van der Waals surface area contributed by atoms with Crippen LogP contribution in [0.25, 0.3) is 0 Å². The molecule has 3 saturated heterocycles. The Labute approximate surface area is 182 Å². The number of fused-ring (bicyclic) bond motifs is 3. The van der Waals surface area contributed by atoms with Crippen LogP contribution in [0.3, 0.4) is 0 Å². The third-order valence-electron chi connectivity index (χ3n) is 5.30. The highest BCUT2D eigenvalue weighted by Crippen LogP contribution is 2.47. The molecule has 0 aliphatic carbocycles. The van der Waals surface area contributed by atoms with Gasteiger partial charge in [-0.15, -0.1) is 21.9 Å². The van der Waals surface area contributed by atoms with E-state index in [0.29, 0.717) is 18.7 Å². The summed E-state index contributed by atoms with van der Waals surface area (Å²) in [5, 5.41) is 0. The maximum atomic E-state index is 12.3. The number of carbonyl (C=O) groups excluding carboxylic acids is 2. The lowest BCUT2D eigenvalue weighted by molar-refractivity contribution is -0.275. The molecule has 3 unspecified atom stereocenters. The zero-order valence-corrected chi connectivity index (χ0v) is 16.9. The number of carbonyl (C=O) groups is 2. The predicted molar refractivity (Wildman–Crippen MR) is 96.4 cm³/mol. The van der Waals surface area contributed by atoms with Crippen molar-refractivity contribution in [3.63, 3.8) is 0 Å². The van der Waals surface area contributed by atoms with Crippen LogP contribution in [-0.4, -0.2) is 57.1 Å². The summed E-state index contributed by atoms with van der Waals surface area (Å²) < 4.78 is 70.8. The summed E-state index contributed by atoms with van der Waals surface area (Å²) in [6, 6.07) is 5.16. The number of rotatable bonds is 6. The third-order valence-corrected chi connectivity index (χ3v) is 5.79. The Kier molecular flexibility index (Phi) is 4.85. The largest absolute Gasteiger partial charge is 0.573 e. The van der Waals surface area contributed by atoms with Crippen molar-refractivity contribution in [2.75, 3.05) is 13.1 Å². The number of aromatic nitrogens is 2. The summed E-state index contributed by atoms with van der Waals surface area (Å²) in [6.45, 7) is 1.08. The van der Waals surface area contributed by atoms with Crippen molar-refractivity contribution < 1.29 is 46.4 Å². The van der Waals surface area contributed by atoms with Gasteiger partial charge in [-0.1, -0.05) is 12.1 Å². The molecule has 10 nitrogen and oxygen atoms in total. The zero-order chi connectivity index (χ0) is 22.5. The van der Waals surface area contributed by atoms with Gasteiger partial charge in [0.15, 0.2) is 6.10 Å². The molecule has 1 aromatic heterocycles. The molecule has 5 rings (SSSR count). The van der Waals surface area contributed by atoms with Crippen molar-refractivity contribution in [3.8, 4) is 17.5 Å². The monoisotopic (exact) mass is 473 g/mol. The second-order valence-corrected chi connectivity index (χ2v) is 7.83. The Hall–Kier alpha value is -3.13. The van der Waals surface area contributed by atoms with Crippen molar-refractivity contribution in [1.29, 1.82) is 0 Å². The zero-order valence-electron chi connectivity index (χ0n) is 16.0. The van der Waals surface area contributed by atoms with Crippen molar-refractivity contribution >= 4 is 23.7 Å². The van der Waals surface area contributed by atoms with E-state index in [9.17, 15) is 22.8 Å². The Bertz CT molecular complexity index is 1030. The molecule has 0 N–H and O–H groups in total. The van der Waals surface area contributed by atoms with Crippen LogP contribution in [0.15, 0.2) is 24.3 Å². The summed E-state index contributed by atoms with van der Waals surface area (Å²) in [5.41, 5.74) is 0.555. The summed E-state index contributed by atoms with van der Waals surface area (Å²) in [4.78, 5) is 25.1. The highest BCUT2D eigenvalue weighted by atomic mass is 32.1. The molecule has 0 saturated carbocycles. The summed E-state index contributed by atoms with van der Waals surface area (Å²) >= 11 is 0.822. The van der Waals surface area contributed by atoms with E-state index in [0.717, 1.165) is 18.1 Å². The average molecular weight is 473 g/mol.